The Bertz CT molecular complexity index is 624. The van der Waals surface area contributed by atoms with Crippen molar-refractivity contribution >= 4 is 33.9 Å². The van der Waals surface area contributed by atoms with Crippen molar-refractivity contribution in [2.45, 2.75) is 45.7 Å². The Morgan fingerprint density at radius 3 is 3.05 bits per heavy atom. The Morgan fingerprint density at radius 1 is 1.41 bits per heavy atom. The number of anilines is 2. The number of thiazole rings is 1. The molecule has 1 fully saturated rings. The number of rotatable bonds is 4. The van der Waals surface area contributed by atoms with Crippen molar-refractivity contribution in [3.05, 3.63) is 28.1 Å². The maximum atomic E-state index is 5.95. The van der Waals surface area contributed by atoms with E-state index in [1.165, 1.54) is 30.7 Å². The number of aryl methyl sites for hydroxylation is 1. The molecule has 0 radical (unpaired) electrons. The second kappa shape index (κ2) is 6.89. The van der Waals surface area contributed by atoms with Crippen LogP contribution in [0.2, 0.25) is 5.15 Å². The first-order valence-corrected chi connectivity index (χ1v) is 8.76. The summed E-state index contributed by atoms with van der Waals surface area (Å²) in [5.41, 5.74) is 0. The lowest BCUT2D eigenvalue weighted by Crippen LogP contribution is -2.36. The smallest absolute Gasteiger partial charge is 0.188 e. The quantitative estimate of drug-likeness (QED) is 0.854. The van der Waals surface area contributed by atoms with Crippen molar-refractivity contribution < 1.29 is 0 Å². The van der Waals surface area contributed by atoms with Gasteiger partial charge in [0.05, 0.1) is 0 Å². The molecule has 118 valence electrons. The van der Waals surface area contributed by atoms with Gasteiger partial charge in [0.2, 0.25) is 0 Å². The zero-order valence-corrected chi connectivity index (χ0v) is 14.4. The molecule has 0 amide bonds. The molecular formula is C15H20ClN5S. The topological polar surface area (TPSA) is 53.9 Å². The van der Waals surface area contributed by atoms with Crippen LogP contribution in [-0.4, -0.2) is 32.4 Å². The van der Waals surface area contributed by atoms with Crippen LogP contribution in [0, 0.1) is 6.92 Å². The highest BCUT2D eigenvalue weighted by atomic mass is 35.5. The molecule has 7 heteroatoms. The lowest BCUT2D eigenvalue weighted by molar-refractivity contribution is 0.154. The zero-order valence-electron chi connectivity index (χ0n) is 12.8. The third kappa shape index (κ3) is 3.94. The number of hydrogen-bond donors (Lipinski definition) is 1. The molecule has 2 aromatic rings. The van der Waals surface area contributed by atoms with Crippen LogP contribution < -0.4 is 5.32 Å². The number of nitrogens with zero attached hydrogens (tertiary/aromatic N) is 4. The van der Waals surface area contributed by atoms with Gasteiger partial charge in [-0.3, -0.25) is 4.90 Å². The molecule has 1 aliphatic heterocycles. The Labute approximate surface area is 139 Å². The first-order chi connectivity index (χ1) is 10.6. The van der Waals surface area contributed by atoms with Crippen LogP contribution in [0.1, 0.15) is 36.9 Å². The Hall–Kier alpha value is -1.24. The summed E-state index contributed by atoms with van der Waals surface area (Å²) in [7, 11) is 0. The van der Waals surface area contributed by atoms with Crippen LogP contribution in [0.15, 0.2) is 12.3 Å². The highest BCUT2D eigenvalue weighted by Gasteiger charge is 2.19. The molecule has 0 bridgehead atoms. The minimum Gasteiger partial charge on any atom is -0.316 e. The van der Waals surface area contributed by atoms with Gasteiger partial charge in [-0.05, 0) is 33.2 Å². The molecule has 1 aliphatic rings. The molecule has 0 aliphatic carbocycles. The van der Waals surface area contributed by atoms with Crippen molar-refractivity contribution in [2.24, 2.45) is 0 Å². The van der Waals surface area contributed by atoms with E-state index in [4.69, 9.17) is 11.6 Å². The van der Waals surface area contributed by atoms with E-state index in [1.54, 1.807) is 17.4 Å². The SMILES string of the molecule is Cc1nc(Cl)cc(Nc2ncc(CN3CCCCC3C)s2)n1. The van der Waals surface area contributed by atoms with E-state index in [0.29, 0.717) is 22.8 Å². The fraction of sp³-hybridized carbons (Fsp3) is 0.533. The van der Waals surface area contributed by atoms with Crippen molar-refractivity contribution in [3.8, 4) is 0 Å². The summed E-state index contributed by atoms with van der Waals surface area (Å²) >= 11 is 7.62. The predicted molar refractivity (Wildman–Crippen MR) is 90.9 cm³/mol. The molecule has 3 rings (SSSR count). The van der Waals surface area contributed by atoms with Gasteiger partial charge in [-0.25, -0.2) is 15.0 Å². The van der Waals surface area contributed by atoms with Crippen LogP contribution >= 0.6 is 22.9 Å². The van der Waals surface area contributed by atoms with E-state index in [1.807, 2.05) is 13.1 Å². The molecule has 0 saturated carbocycles. The summed E-state index contributed by atoms with van der Waals surface area (Å²) in [6.45, 7) is 6.29. The van der Waals surface area contributed by atoms with Gasteiger partial charge in [-0.2, -0.15) is 0 Å². The average Bonchev–Trinajstić information content (AvgIpc) is 2.87. The van der Waals surface area contributed by atoms with Gasteiger partial charge in [-0.1, -0.05) is 18.0 Å². The highest BCUT2D eigenvalue weighted by Crippen LogP contribution is 2.26. The van der Waals surface area contributed by atoms with Crippen LogP contribution in [-0.2, 0) is 6.54 Å². The van der Waals surface area contributed by atoms with Gasteiger partial charge in [-0.15, -0.1) is 11.3 Å². The highest BCUT2D eigenvalue weighted by molar-refractivity contribution is 7.15. The number of aromatic nitrogens is 3. The van der Waals surface area contributed by atoms with Crippen molar-refractivity contribution in [2.75, 3.05) is 11.9 Å². The summed E-state index contributed by atoms with van der Waals surface area (Å²) in [4.78, 5) is 16.6. The lowest BCUT2D eigenvalue weighted by atomic mass is 10.0. The number of likely N-dealkylation sites (tertiary alicyclic amines) is 1. The molecule has 1 saturated heterocycles. The number of nitrogens with one attached hydrogen (secondary N) is 1. The van der Waals surface area contributed by atoms with Crippen molar-refractivity contribution in [3.63, 3.8) is 0 Å². The lowest BCUT2D eigenvalue weighted by Gasteiger charge is -2.32. The number of piperidine rings is 1. The van der Waals surface area contributed by atoms with Gasteiger partial charge in [0.25, 0.3) is 0 Å². The van der Waals surface area contributed by atoms with Crippen molar-refractivity contribution in [1.82, 2.24) is 19.9 Å². The van der Waals surface area contributed by atoms with E-state index >= 15 is 0 Å². The van der Waals surface area contributed by atoms with Crippen LogP contribution in [0.3, 0.4) is 0 Å². The van der Waals surface area contributed by atoms with Crippen LogP contribution in [0.25, 0.3) is 0 Å². The summed E-state index contributed by atoms with van der Waals surface area (Å²) < 4.78 is 0. The average molecular weight is 338 g/mol. The number of hydrogen-bond acceptors (Lipinski definition) is 6. The van der Waals surface area contributed by atoms with E-state index in [0.717, 1.165) is 11.7 Å². The molecule has 2 aromatic heterocycles. The molecule has 1 N–H and O–H groups in total. The van der Waals surface area contributed by atoms with Crippen LogP contribution in [0.5, 0.6) is 0 Å². The summed E-state index contributed by atoms with van der Waals surface area (Å²) in [5, 5.41) is 4.49. The maximum Gasteiger partial charge on any atom is 0.188 e. The third-order valence-electron chi connectivity index (χ3n) is 3.89. The van der Waals surface area contributed by atoms with E-state index in [9.17, 15) is 0 Å². The Kier molecular flexibility index (Phi) is 4.90. The summed E-state index contributed by atoms with van der Waals surface area (Å²) in [6, 6.07) is 2.37. The molecule has 0 spiro atoms. The zero-order chi connectivity index (χ0) is 15.5. The molecular weight excluding hydrogens is 318 g/mol. The Balaban J connectivity index is 1.65. The molecule has 5 nitrogen and oxygen atoms in total. The summed E-state index contributed by atoms with van der Waals surface area (Å²) in [5.74, 6) is 1.33. The van der Waals surface area contributed by atoms with E-state index in [2.05, 4.69) is 32.1 Å². The van der Waals surface area contributed by atoms with Gasteiger partial charge in [0.15, 0.2) is 5.13 Å². The molecule has 1 atom stereocenters. The van der Waals surface area contributed by atoms with Gasteiger partial charge in [0.1, 0.15) is 16.8 Å². The van der Waals surface area contributed by atoms with Gasteiger partial charge < -0.3 is 5.32 Å². The summed E-state index contributed by atoms with van der Waals surface area (Å²) in [6.07, 6.45) is 5.89. The minimum absolute atomic E-state index is 0.439. The Morgan fingerprint density at radius 2 is 2.27 bits per heavy atom. The molecule has 3 heterocycles. The van der Waals surface area contributed by atoms with Gasteiger partial charge in [0, 0.05) is 29.7 Å². The molecule has 22 heavy (non-hydrogen) atoms. The first kappa shape index (κ1) is 15.6. The minimum atomic E-state index is 0.439. The van der Waals surface area contributed by atoms with Gasteiger partial charge >= 0.3 is 0 Å². The predicted octanol–water partition coefficient (Wildman–Crippen LogP) is 4.01. The fourth-order valence-electron chi connectivity index (χ4n) is 2.74. The largest absolute Gasteiger partial charge is 0.316 e. The second-order valence-electron chi connectivity index (χ2n) is 5.70. The monoisotopic (exact) mass is 337 g/mol. The first-order valence-electron chi connectivity index (χ1n) is 7.57. The molecule has 1 unspecified atom stereocenters. The maximum absolute atomic E-state index is 5.95. The normalized spacial score (nSPS) is 19.3. The van der Waals surface area contributed by atoms with Crippen molar-refractivity contribution in [1.29, 1.82) is 0 Å². The van der Waals surface area contributed by atoms with Crippen LogP contribution in [0.4, 0.5) is 10.9 Å². The standard InChI is InChI=1S/C15H20ClN5S/c1-10-5-3-4-6-21(10)9-12-8-17-15(22-12)20-14-7-13(16)18-11(2)19-14/h7-8,10H,3-6,9H2,1-2H3,(H,17,18,19,20). The second-order valence-corrected chi connectivity index (χ2v) is 7.20. The molecule has 0 aromatic carbocycles. The fourth-order valence-corrected chi connectivity index (χ4v) is 3.81. The van der Waals surface area contributed by atoms with E-state index in [-0.39, 0.29) is 0 Å². The third-order valence-corrected chi connectivity index (χ3v) is 4.99. The number of halogens is 1. The van der Waals surface area contributed by atoms with E-state index < -0.39 is 0 Å².